The molecule has 0 saturated heterocycles. The maximum Gasteiger partial charge on any atom is 0.108 e. The molecule has 0 spiro atoms. The maximum atomic E-state index is 8.70. The van der Waals surface area contributed by atoms with Crippen molar-refractivity contribution in [1.82, 2.24) is 0 Å². The lowest BCUT2D eigenvalue weighted by Crippen LogP contribution is -2.24. The van der Waals surface area contributed by atoms with Crippen LogP contribution in [-0.4, -0.2) is 42.9 Å². The molecule has 2 aromatic rings. The predicted molar refractivity (Wildman–Crippen MR) is 125 cm³/mol. The number of hydrogen-bond acceptors (Lipinski definition) is 3. The van der Waals surface area contributed by atoms with E-state index < -0.39 is 10.0 Å². The molecular weight excluding hydrogens is 380 g/mol. The molecule has 4 heteroatoms. The van der Waals surface area contributed by atoms with E-state index in [1.807, 2.05) is 26.0 Å². The van der Waals surface area contributed by atoms with Crippen LogP contribution < -0.4 is 0 Å². The molecule has 2 rings (SSSR count). The summed E-state index contributed by atoms with van der Waals surface area (Å²) in [7, 11) is -1.58. The first-order chi connectivity index (χ1) is 14.0. The SMILES string of the molecule is CC.CC(C)(C)S(C#CCOCCOCCO)(c1ccccc1)c1ccccc1. The molecule has 0 fully saturated rings. The second-order valence-electron chi connectivity index (χ2n) is 7.02. The van der Waals surface area contributed by atoms with E-state index in [0.717, 1.165) is 0 Å². The normalized spacial score (nSPS) is 11.7. The van der Waals surface area contributed by atoms with Crippen molar-refractivity contribution in [3.63, 3.8) is 0 Å². The van der Waals surface area contributed by atoms with Crippen molar-refractivity contribution >= 4 is 10.0 Å². The average molecular weight is 417 g/mol. The summed E-state index contributed by atoms with van der Waals surface area (Å²) in [6.07, 6.45) is 0. The van der Waals surface area contributed by atoms with Gasteiger partial charge in [0.25, 0.3) is 0 Å². The molecule has 0 aliphatic rings. The minimum Gasteiger partial charge on any atom is -0.394 e. The summed E-state index contributed by atoms with van der Waals surface area (Å²) < 4.78 is 10.8. The van der Waals surface area contributed by atoms with Gasteiger partial charge < -0.3 is 14.6 Å². The van der Waals surface area contributed by atoms with E-state index in [4.69, 9.17) is 14.6 Å². The van der Waals surface area contributed by atoms with Gasteiger partial charge in [0.15, 0.2) is 0 Å². The summed E-state index contributed by atoms with van der Waals surface area (Å²) in [5.41, 5.74) is 0. The lowest BCUT2D eigenvalue weighted by atomic mass is 10.3. The van der Waals surface area contributed by atoms with Gasteiger partial charge in [-0.1, -0.05) is 76.9 Å². The standard InChI is InChI=1S/C23H30O3S.C2H6/c1-23(2,3)27(21-11-6-4-7-12-21,22-13-8-5-9-14-22)20-10-16-25-18-19-26-17-15-24;1-2/h4-9,11-14,24H,15-19H2,1-3H3;1-2H3. The molecule has 0 heterocycles. The van der Waals surface area contributed by atoms with E-state index in [1.165, 1.54) is 9.79 Å². The van der Waals surface area contributed by atoms with E-state index in [2.05, 4.69) is 80.5 Å². The van der Waals surface area contributed by atoms with Crippen LogP contribution in [0.3, 0.4) is 0 Å². The van der Waals surface area contributed by atoms with Crippen LogP contribution in [0.15, 0.2) is 70.5 Å². The van der Waals surface area contributed by atoms with E-state index in [9.17, 15) is 0 Å². The Labute approximate surface area is 178 Å². The van der Waals surface area contributed by atoms with Crippen molar-refractivity contribution < 1.29 is 14.6 Å². The molecule has 2 aromatic carbocycles. The summed E-state index contributed by atoms with van der Waals surface area (Å²) in [5, 5.41) is 12.3. The van der Waals surface area contributed by atoms with Crippen LogP contribution in [0.4, 0.5) is 0 Å². The molecule has 0 radical (unpaired) electrons. The number of hydrogen-bond donors (Lipinski definition) is 1. The molecule has 29 heavy (non-hydrogen) atoms. The first kappa shape index (κ1) is 25.3. The molecule has 0 aliphatic carbocycles. The number of ether oxygens (including phenoxy) is 2. The maximum absolute atomic E-state index is 8.70. The Hall–Kier alpha value is -1.77. The van der Waals surface area contributed by atoms with Gasteiger partial charge >= 0.3 is 0 Å². The molecule has 1 N–H and O–H groups in total. The fourth-order valence-electron chi connectivity index (χ4n) is 2.91. The summed E-state index contributed by atoms with van der Waals surface area (Å²) >= 11 is 0. The molecule has 0 saturated carbocycles. The molecule has 0 atom stereocenters. The minimum absolute atomic E-state index is 0.0332. The quantitative estimate of drug-likeness (QED) is 0.442. The predicted octanol–water partition coefficient (Wildman–Crippen LogP) is 5.72. The first-order valence-electron chi connectivity index (χ1n) is 10.2. The Morgan fingerprint density at radius 2 is 1.28 bits per heavy atom. The lowest BCUT2D eigenvalue weighted by Gasteiger charge is -2.47. The lowest BCUT2D eigenvalue weighted by molar-refractivity contribution is 0.0424. The first-order valence-corrected chi connectivity index (χ1v) is 11.8. The van der Waals surface area contributed by atoms with Crippen LogP contribution in [0, 0.1) is 11.2 Å². The highest BCUT2D eigenvalue weighted by molar-refractivity contribution is 8.38. The van der Waals surface area contributed by atoms with Crippen molar-refractivity contribution in [1.29, 1.82) is 0 Å². The summed E-state index contributed by atoms with van der Waals surface area (Å²) in [5.74, 6) is 3.28. The Morgan fingerprint density at radius 3 is 1.72 bits per heavy atom. The van der Waals surface area contributed by atoms with Gasteiger partial charge in [0.2, 0.25) is 0 Å². The third-order valence-electron chi connectivity index (χ3n) is 4.12. The number of benzene rings is 2. The molecule has 3 nitrogen and oxygen atoms in total. The van der Waals surface area contributed by atoms with Crippen LogP contribution in [0.2, 0.25) is 0 Å². The van der Waals surface area contributed by atoms with Gasteiger partial charge in [0.05, 0.1) is 26.4 Å². The second-order valence-corrected chi connectivity index (χ2v) is 10.6. The Morgan fingerprint density at radius 1 is 0.793 bits per heavy atom. The second kappa shape index (κ2) is 13.5. The van der Waals surface area contributed by atoms with Gasteiger partial charge in [-0.25, -0.2) is 0 Å². The van der Waals surface area contributed by atoms with E-state index in [1.54, 1.807) is 0 Å². The van der Waals surface area contributed by atoms with Crippen molar-refractivity contribution in [3.05, 3.63) is 60.7 Å². The highest BCUT2D eigenvalue weighted by Gasteiger charge is 2.38. The van der Waals surface area contributed by atoms with Gasteiger partial charge in [0.1, 0.15) is 6.61 Å². The van der Waals surface area contributed by atoms with Crippen molar-refractivity contribution in [2.45, 2.75) is 49.2 Å². The van der Waals surface area contributed by atoms with Gasteiger partial charge in [-0.2, -0.15) is 0 Å². The van der Waals surface area contributed by atoms with Gasteiger partial charge in [0, 0.05) is 14.5 Å². The Kier molecular flexibility index (Phi) is 11.7. The Balaban J connectivity index is 0.00000204. The molecule has 160 valence electrons. The fraction of sp³-hybridized carbons (Fsp3) is 0.440. The highest BCUT2D eigenvalue weighted by Crippen LogP contribution is 2.69. The summed E-state index contributed by atoms with van der Waals surface area (Å²) in [6, 6.07) is 21.2. The molecular formula is C25H36O3S. The third kappa shape index (κ3) is 7.21. The van der Waals surface area contributed by atoms with Crippen molar-refractivity contribution in [3.8, 4) is 11.2 Å². The highest BCUT2D eigenvalue weighted by atomic mass is 32.3. The molecule has 0 unspecified atom stereocenters. The van der Waals surface area contributed by atoms with E-state index in [-0.39, 0.29) is 11.4 Å². The van der Waals surface area contributed by atoms with Crippen LogP contribution in [-0.2, 0) is 9.47 Å². The molecule has 0 amide bonds. The molecule has 0 aliphatic heterocycles. The van der Waals surface area contributed by atoms with Crippen LogP contribution in [0.1, 0.15) is 34.6 Å². The van der Waals surface area contributed by atoms with Gasteiger partial charge in [-0.15, -0.1) is 10.0 Å². The van der Waals surface area contributed by atoms with Crippen LogP contribution in [0.5, 0.6) is 0 Å². The smallest absolute Gasteiger partial charge is 0.108 e. The third-order valence-corrected chi connectivity index (χ3v) is 8.37. The zero-order valence-corrected chi connectivity index (χ0v) is 19.3. The number of rotatable bonds is 8. The van der Waals surface area contributed by atoms with Crippen LogP contribution in [0.25, 0.3) is 0 Å². The number of aliphatic hydroxyl groups is 1. The largest absolute Gasteiger partial charge is 0.394 e. The van der Waals surface area contributed by atoms with Crippen LogP contribution >= 0.6 is 10.0 Å². The minimum atomic E-state index is -1.58. The fourth-order valence-corrected chi connectivity index (χ4v) is 6.54. The summed E-state index contributed by atoms with van der Waals surface area (Å²) in [4.78, 5) is 2.53. The van der Waals surface area contributed by atoms with Gasteiger partial charge in [-0.05, 0) is 29.5 Å². The monoisotopic (exact) mass is 416 g/mol. The van der Waals surface area contributed by atoms with Crippen molar-refractivity contribution in [2.24, 2.45) is 0 Å². The average Bonchev–Trinajstić information content (AvgIpc) is 2.74. The molecule has 0 aromatic heterocycles. The zero-order chi connectivity index (χ0) is 21.6. The number of aliphatic hydroxyl groups excluding tert-OH is 1. The Bertz CT molecular complexity index is 688. The van der Waals surface area contributed by atoms with Crippen molar-refractivity contribution in [2.75, 3.05) is 33.0 Å². The van der Waals surface area contributed by atoms with E-state index >= 15 is 0 Å². The summed E-state index contributed by atoms with van der Waals surface area (Å²) in [6.45, 7) is 12.5. The van der Waals surface area contributed by atoms with E-state index in [0.29, 0.717) is 26.4 Å². The topological polar surface area (TPSA) is 38.7 Å². The molecule has 0 bridgehead atoms. The zero-order valence-electron chi connectivity index (χ0n) is 18.5. The van der Waals surface area contributed by atoms with Gasteiger partial charge in [-0.3, -0.25) is 0 Å².